The summed E-state index contributed by atoms with van der Waals surface area (Å²) in [5.41, 5.74) is 0.463. The van der Waals surface area contributed by atoms with Crippen LogP contribution in [0.4, 0.5) is 4.39 Å². The van der Waals surface area contributed by atoms with E-state index in [1.54, 1.807) is 19.1 Å². The topological polar surface area (TPSA) is 55.8 Å². The lowest BCUT2D eigenvalue weighted by atomic mass is 9.97. The third-order valence-corrected chi connectivity index (χ3v) is 6.49. The van der Waals surface area contributed by atoms with Gasteiger partial charge in [-0.3, -0.25) is 4.79 Å². The fourth-order valence-corrected chi connectivity index (χ4v) is 5.05. The molecule has 0 spiro atoms. The van der Waals surface area contributed by atoms with Crippen LogP contribution in [-0.4, -0.2) is 42.1 Å². The quantitative estimate of drug-likeness (QED) is 0.684. The van der Waals surface area contributed by atoms with Crippen molar-refractivity contribution < 1.29 is 23.5 Å². The predicted octanol–water partition coefficient (Wildman–Crippen LogP) is 4.52. The van der Waals surface area contributed by atoms with E-state index in [0.717, 1.165) is 30.6 Å². The summed E-state index contributed by atoms with van der Waals surface area (Å²) < 4.78 is 25.6. The number of likely N-dealkylation sites (tertiary alicyclic amines) is 1. The molecule has 0 N–H and O–H groups in total. The zero-order valence-electron chi connectivity index (χ0n) is 16.7. The molecule has 152 valence electrons. The van der Waals surface area contributed by atoms with Crippen molar-refractivity contribution >= 4 is 33.3 Å². The first kappa shape index (κ1) is 20.7. The molecular weight excluding hydrogens is 381 g/mol. The lowest BCUT2D eigenvalue weighted by Gasteiger charge is -2.40. The first-order chi connectivity index (χ1) is 13.3. The van der Waals surface area contributed by atoms with Gasteiger partial charge >= 0.3 is 5.97 Å². The summed E-state index contributed by atoms with van der Waals surface area (Å²) in [5.74, 6) is -1.21. The van der Waals surface area contributed by atoms with Gasteiger partial charge in [-0.1, -0.05) is 6.07 Å². The number of carbonyl (C=O) groups is 2. The second kappa shape index (κ2) is 8.57. The average Bonchev–Trinajstić information content (AvgIpc) is 3.02. The normalized spacial score (nSPS) is 21.0. The number of rotatable bonds is 5. The monoisotopic (exact) mass is 407 g/mol. The van der Waals surface area contributed by atoms with Gasteiger partial charge in [0, 0.05) is 34.8 Å². The molecule has 3 rings (SSSR count). The van der Waals surface area contributed by atoms with Crippen molar-refractivity contribution in [2.45, 2.75) is 64.8 Å². The first-order valence-corrected chi connectivity index (χ1v) is 10.4. The number of benzene rings is 1. The fourth-order valence-electron chi connectivity index (χ4n) is 3.94. The summed E-state index contributed by atoms with van der Waals surface area (Å²) in [6.45, 7) is 5.73. The first-order valence-electron chi connectivity index (χ1n) is 9.57. The third-order valence-electron chi connectivity index (χ3n) is 5.32. The highest BCUT2D eigenvalue weighted by Gasteiger charge is 2.34. The van der Waals surface area contributed by atoms with Crippen LogP contribution in [0, 0.1) is 5.82 Å². The van der Waals surface area contributed by atoms with E-state index in [9.17, 15) is 14.0 Å². The van der Waals surface area contributed by atoms with Gasteiger partial charge in [0.2, 0.25) is 0 Å². The number of piperidine rings is 1. The van der Waals surface area contributed by atoms with Gasteiger partial charge in [-0.05, 0) is 52.2 Å². The summed E-state index contributed by atoms with van der Waals surface area (Å²) in [6.07, 6.45) is 2.09. The second-order valence-corrected chi connectivity index (χ2v) is 8.43. The number of methoxy groups -OCH3 is 1. The summed E-state index contributed by atoms with van der Waals surface area (Å²) >= 11 is 1.16. The van der Waals surface area contributed by atoms with Crippen LogP contribution >= 0.6 is 11.3 Å². The summed E-state index contributed by atoms with van der Waals surface area (Å²) in [5, 5.41) is 0.374. The Morgan fingerprint density at radius 3 is 2.61 bits per heavy atom. The minimum Gasteiger partial charge on any atom is -0.448 e. The maximum Gasteiger partial charge on any atom is 0.349 e. The molecule has 5 nitrogen and oxygen atoms in total. The van der Waals surface area contributed by atoms with Gasteiger partial charge in [-0.15, -0.1) is 11.3 Å². The molecule has 28 heavy (non-hydrogen) atoms. The molecule has 0 saturated carbocycles. The molecule has 7 heteroatoms. The molecule has 0 unspecified atom stereocenters. The van der Waals surface area contributed by atoms with Crippen LogP contribution < -0.4 is 0 Å². The van der Waals surface area contributed by atoms with Crippen LogP contribution in [0.15, 0.2) is 18.2 Å². The molecule has 1 fully saturated rings. The lowest BCUT2D eigenvalue weighted by Crippen LogP contribution is -2.51. The number of fused-ring (bicyclic) bond motifs is 1. The molecule has 1 aromatic heterocycles. The van der Waals surface area contributed by atoms with E-state index < -0.39 is 17.9 Å². The van der Waals surface area contributed by atoms with E-state index in [1.807, 2.05) is 18.7 Å². The lowest BCUT2D eigenvalue weighted by molar-refractivity contribution is -0.146. The molecule has 2 heterocycles. The van der Waals surface area contributed by atoms with Gasteiger partial charge in [0.15, 0.2) is 6.10 Å². The van der Waals surface area contributed by atoms with Crippen LogP contribution in [0.25, 0.3) is 10.1 Å². The molecule has 1 amide bonds. The second-order valence-electron chi connectivity index (χ2n) is 7.38. The minimum absolute atomic E-state index is 0.0912. The number of carbonyl (C=O) groups excluding carboxylic acids is 2. The number of esters is 1. The average molecular weight is 408 g/mol. The van der Waals surface area contributed by atoms with Crippen molar-refractivity contribution in [1.82, 2.24) is 4.90 Å². The van der Waals surface area contributed by atoms with Crippen LogP contribution in [0.5, 0.6) is 0 Å². The molecule has 0 bridgehead atoms. The van der Waals surface area contributed by atoms with Gasteiger partial charge in [-0.2, -0.15) is 0 Å². The highest BCUT2D eigenvalue weighted by molar-refractivity contribution is 7.21. The summed E-state index contributed by atoms with van der Waals surface area (Å²) in [4.78, 5) is 27.8. The zero-order valence-corrected chi connectivity index (χ0v) is 17.5. The molecule has 1 aliphatic rings. The standard InChI is InChI=1S/C21H26FNO4S/c1-12-7-5-8-13(2)23(12)20(24)14(3)27-21(25)19-15(11-26-4)18-16(22)9-6-10-17(18)28-19/h6,9-10,12-14H,5,7-8,11H2,1-4H3/t12-,13-,14+/m0/s1. The van der Waals surface area contributed by atoms with Gasteiger partial charge in [0.1, 0.15) is 10.7 Å². The number of thiophene rings is 1. The van der Waals surface area contributed by atoms with Crippen molar-refractivity contribution in [3.63, 3.8) is 0 Å². The molecule has 1 saturated heterocycles. The van der Waals surface area contributed by atoms with E-state index >= 15 is 0 Å². The molecule has 3 atom stereocenters. The fraction of sp³-hybridized carbons (Fsp3) is 0.524. The Bertz CT molecular complexity index is 871. The number of ether oxygens (including phenoxy) is 2. The largest absolute Gasteiger partial charge is 0.448 e. The Hall–Kier alpha value is -1.99. The van der Waals surface area contributed by atoms with Crippen LogP contribution in [0.2, 0.25) is 0 Å². The Morgan fingerprint density at radius 2 is 1.96 bits per heavy atom. The van der Waals surface area contributed by atoms with E-state index in [4.69, 9.17) is 9.47 Å². The van der Waals surface area contributed by atoms with Crippen molar-refractivity contribution in [2.75, 3.05) is 7.11 Å². The van der Waals surface area contributed by atoms with Gasteiger partial charge in [0.05, 0.1) is 6.61 Å². The maximum atomic E-state index is 14.3. The van der Waals surface area contributed by atoms with E-state index in [1.165, 1.54) is 13.2 Å². The van der Waals surface area contributed by atoms with Crippen LogP contribution in [-0.2, 0) is 20.9 Å². The van der Waals surface area contributed by atoms with Gasteiger partial charge in [-0.25, -0.2) is 9.18 Å². The van der Waals surface area contributed by atoms with Crippen molar-refractivity contribution in [2.24, 2.45) is 0 Å². The number of nitrogens with zero attached hydrogens (tertiary/aromatic N) is 1. The van der Waals surface area contributed by atoms with Gasteiger partial charge in [0.25, 0.3) is 5.91 Å². The van der Waals surface area contributed by atoms with E-state index in [-0.39, 0.29) is 29.5 Å². The van der Waals surface area contributed by atoms with Crippen LogP contribution in [0.1, 0.15) is 55.3 Å². The van der Waals surface area contributed by atoms with E-state index in [0.29, 0.717) is 15.6 Å². The summed E-state index contributed by atoms with van der Waals surface area (Å²) in [7, 11) is 1.49. The maximum absolute atomic E-state index is 14.3. The number of halogens is 1. The molecule has 1 aliphatic heterocycles. The number of hydrogen-bond acceptors (Lipinski definition) is 5. The Labute approximate surface area is 168 Å². The third kappa shape index (κ3) is 3.91. The van der Waals surface area contributed by atoms with Crippen molar-refractivity contribution in [3.8, 4) is 0 Å². The molecule has 0 aliphatic carbocycles. The van der Waals surface area contributed by atoms with Crippen molar-refractivity contribution in [3.05, 3.63) is 34.5 Å². The Morgan fingerprint density at radius 1 is 1.29 bits per heavy atom. The Kier molecular flexibility index (Phi) is 6.35. The molecule has 0 radical (unpaired) electrons. The predicted molar refractivity (Wildman–Crippen MR) is 107 cm³/mol. The minimum atomic E-state index is -0.902. The smallest absolute Gasteiger partial charge is 0.349 e. The number of hydrogen-bond donors (Lipinski definition) is 0. The van der Waals surface area contributed by atoms with Crippen LogP contribution in [0.3, 0.4) is 0 Å². The molecule has 1 aromatic carbocycles. The highest BCUT2D eigenvalue weighted by atomic mass is 32.1. The van der Waals surface area contributed by atoms with E-state index in [2.05, 4.69) is 0 Å². The number of amides is 1. The van der Waals surface area contributed by atoms with Crippen molar-refractivity contribution in [1.29, 1.82) is 0 Å². The van der Waals surface area contributed by atoms with Gasteiger partial charge < -0.3 is 14.4 Å². The molecule has 2 aromatic rings. The zero-order chi connectivity index (χ0) is 20.4. The Balaban J connectivity index is 1.83. The highest BCUT2D eigenvalue weighted by Crippen LogP contribution is 2.34. The summed E-state index contributed by atoms with van der Waals surface area (Å²) in [6, 6.07) is 4.96. The molecular formula is C21H26FNO4S. The SMILES string of the molecule is COCc1c(C(=O)O[C@H](C)C(=O)N2[C@@H](C)CCC[C@@H]2C)sc2cccc(F)c12.